The highest BCUT2D eigenvalue weighted by atomic mass is 15.1. The number of aryl methyl sites for hydroxylation is 1. The zero-order valence-electron chi connectivity index (χ0n) is 7.46. The largest absolute Gasteiger partial charge is 0.399 e. The summed E-state index contributed by atoms with van der Waals surface area (Å²) in [6.45, 7) is 5.17. The molecule has 0 amide bonds. The van der Waals surface area contributed by atoms with Crippen LogP contribution in [0.25, 0.3) is 0 Å². The van der Waals surface area contributed by atoms with Gasteiger partial charge >= 0.3 is 0 Å². The number of rotatable bonds is 1. The summed E-state index contributed by atoms with van der Waals surface area (Å²) in [6.07, 6.45) is 0. The Hall–Kier alpha value is -1.84. The number of nitrogens with two attached hydrogens (primary N) is 1. The molecule has 0 aliphatic carbocycles. The molecule has 68 valence electrons. The fraction of sp³-hybridized carbons (Fsp3) is 0.111. The second kappa shape index (κ2) is 3.71. The summed E-state index contributed by atoms with van der Waals surface area (Å²) in [5.74, 6) is 0.0219. The third-order valence-electron chi connectivity index (χ3n) is 1.67. The number of nitrogens with one attached hydrogen (secondary N) is 2. The van der Waals surface area contributed by atoms with Crippen molar-refractivity contribution in [2.75, 3.05) is 11.1 Å². The highest BCUT2D eigenvalue weighted by molar-refractivity contribution is 5.95. The van der Waals surface area contributed by atoms with Crippen LogP contribution in [0.3, 0.4) is 0 Å². The van der Waals surface area contributed by atoms with Crippen LogP contribution >= 0.6 is 0 Å². The molecule has 0 heterocycles. The molecular weight excluding hydrogens is 164 g/mol. The Morgan fingerprint density at radius 1 is 1.62 bits per heavy atom. The van der Waals surface area contributed by atoms with Crippen LogP contribution in [0.1, 0.15) is 5.56 Å². The minimum absolute atomic E-state index is 0.0219. The lowest BCUT2D eigenvalue weighted by Gasteiger charge is -2.07. The van der Waals surface area contributed by atoms with Crippen molar-refractivity contribution < 1.29 is 0 Å². The lowest BCUT2D eigenvalue weighted by molar-refractivity contribution is 1.38. The van der Waals surface area contributed by atoms with Crippen molar-refractivity contribution in [3.05, 3.63) is 23.8 Å². The Bertz CT molecular complexity index is 343. The smallest absolute Gasteiger partial charge is 0.219 e. The Morgan fingerprint density at radius 2 is 2.31 bits per heavy atom. The number of hydrogen-bond donors (Lipinski definition) is 3. The number of nitrogen functional groups attached to an aromatic ring is 1. The molecular formula is C9H12N4. The molecule has 0 saturated heterocycles. The van der Waals surface area contributed by atoms with E-state index in [2.05, 4.69) is 17.0 Å². The Balaban J connectivity index is 2.93. The van der Waals surface area contributed by atoms with Crippen molar-refractivity contribution in [1.29, 1.82) is 5.41 Å². The van der Waals surface area contributed by atoms with Crippen LogP contribution < -0.4 is 11.1 Å². The second-order valence-electron chi connectivity index (χ2n) is 2.71. The van der Waals surface area contributed by atoms with Crippen LogP contribution in [-0.2, 0) is 0 Å². The number of hydrogen-bond acceptors (Lipinski definition) is 2. The van der Waals surface area contributed by atoms with Gasteiger partial charge in [0.2, 0.25) is 5.96 Å². The van der Waals surface area contributed by atoms with Crippen molar-refractivity contribution >= 4 is 24.1 Å². The minimum atomic E-state index is 0.0219. The molecule has 4 nitrogen and oxygen atoms in total. The predicted molar refractivity (Wildman–Crippen MR) is 56.5 cm³/mol. The van der Waals surface area contributed by atoms with Gasteiger partial charge in [0.25, 0.3) is 0 Å². The summed E-state index contributed by atoms with van der Waals surface area (Å²) >= 11 is 0. The van der Waals surface area contributed by atoms with Crippen molar-refractivity contribution in [1.82, 2.24) is 0 Å². The average Bonchev–Trinajstić information content (AvgIpc) is 2.11. The molecule has 0 fully saturated rings. The van der Waals surface area contributed by atoms with Crippen molar-refractivity contribution in [3.63, 3.8) is 0 Å². The van der Waals surface area contributed by atoms with E-state index in [1.54, 1.807) is 6.07 Å². The standard InChI is InChI=1S/C9H12N4/c1-6-3-4-7(10)5-8(6)13-9(11)12-2/h3-5H,2,10H2,1H3,(H2,11,13). The number of aliphatic imine (C=N–C) groups is 1. The topological polar surface area (TPSA) is 74.3 Å². The SMILES string of the molecule is C=NC(=N)Nc1cc(N)ccc1C. The first-order chi connectivity index (χ1) is 6.13. The zero-order chi connectivity index (χ0) is 9.84. The molecule has 1 rings (SSSR count). The van der Waals surface area contributed by atoms with Gasteiger partial charge < -0.3 is 11.1 Å². The number of anilines is 2. The molecule has 4 heteroatoms. The van der Waals surface area contributed by atoms with E-state index in [4.69, 9.17) is 11.1 Å². The van der Waals surface area contributed by atoms with E-state index in [1.807, 2.05) is 19.1 Å². The first-order valence-corrected chi connectivity index (χ1v) is 3.82. The van der Waals surface area contributed by atoms with E-state index in [0.717, 1.165) is 11.3 Å². The van der Waals surface area contributed by atoms with Gasteiger partial charge in [-0.05, 0) is 31.3 Å². The molecule has 0 bridgehead atoms. The lowest BCUT2D eigenvalue weighted by Crippen LogP contribution is -2.08. The van der Waals surface area contributed by atoms with E-state index in [1.165, 1.54) is 0 Å². The highest BCUT2D eigenvalue weighted by Crippen LogP contribution is 2.17. The van der Waals surface area contributed by atoms with Crippen LogP contribution in [0.5, 0.6) is 0 Å². The molecule has 4 N–H and O–H groups in total. The van der Waals surface area contributed by atoms with Crippen LogP contribution in [0, 0.1) is 12.3 Å². The Labute approximate surface area is 77.0 Å². The van der Waals surface area contributed by atoms with E-state index in [9.17, 15) is 0 Å². The summed E-state index contributed by atoms with van der Waals surface area (Å²) in [5, 5.41) is 10.0. The van der Waals surface area contributed by atoms with Gasteiger partial charge in [-0.2, -0.15) is 0 Å². The first-order valence-electron chi connectivity index (χ1n) is 3.82. The lowest BCUT2D eigenvalue weighted by atomic mass is 10.2. The van der Waals surface area contributed by atoms with Crippen LogP contribution in [0.4, 0.5) is 11.4 Å². The van der Waals surface area contributed by atoms with Gasteiger partial charge in [-0.1, -0.05) is 6.07 Å². The normalized spacial score (nSPS) is 9.31. The van der Waals surface area contributed by atoms with E-state index in [0.29, 0.717) is 5.69 Å². The molecule has 1 aromatic carbocycles. The molecule has 1 aromatic rings. The predicted octanol–water partition coefficient (Wildman–Crippen LogP) is 1.62. The Kier molecular flexibility index (Phi) is 2.64. The van der Waals surface area contributed by atoms with Crippen molar-refractivity contribution in [2.24, 2.45) is 4.99 Å². The van der Waals surface area contributed by atoms with Gasteiger partial charge in [0.15, 0.2) is 0 Å². The fourth-order valence-corrected chi connectivity index (χ4v) is 0.941. The number of nitrogens with zero attached hydrogens (tertiary/aromatic N) is 1. The van der Waals surface area contributed by atoms with Crippen LogP contribution in [0.15, 0.2) is 23.2 Å². The molecule has 0 aliphatic rings. The van der Waals surface area contributed by atoms with Crippen molar-refractivity contribution in [3.8, 4) is 0 Å². The third-order valence-corrected chi connectivity index (χ3v) is 1.67. The molecule has 0 radical (unpaired) electrons. The van der Waals surface area contributed by atoms with E-state index < -0.39 is 0 Å². The van der Waals surface area contributed by atoms with Gasteiger partial charge in [0.1, 0.15) is 0 Å². The second-order valence-corrected chi connectivity index (χ2v) is 2.71. The minimum Gasteiger partial charge on any atom is -0.399 e. The van der Waals surface area contributed by atoms with E-state index >= 15 is 0 Å². The first kappa shape index (κ1) is 9.25. The summed E-state index contributed by atoms with van der Waals surface area (Å²) in [4.78, 5) is 3.44. The molecule has 0 unspecified atom stereocenters. The van der Waals surface area contributed by atoms with Gasteiger partial charge in [0, 0.05) is 11.4 Å². The van der Waals surface area contributed by atoms with Gasteiger partial charge in [-0.15, -0.1) is 0 Å². The number of guanidine groups is 1. The molecule has 0 aliphatic heterocycles. The maximum Gasteiger partial charge on any atom is 0.219 e. The molecule has 13 heavy (non-hydrogen) atoms. The van der Waals surface area contributed by atoms with Gasteiger partial charge in [-0.3, -0.25) is 5.41 Å². The Morgan fingerprint density at radius 3 is 2.92 bits per heavy atom. The summed E-state index contributed by atoms with van der Waals surface area (Å²) in [6, 6.07) is 5.45. The van der Waals surface area contributed by atoms with Crippen LogP contribution in [-0.4, -0.2) is 12.7 Å². The van der Waals surface area contributed by atoms with Crippen LogP contribution in [0.2, 0.25) is 0 Å². The fourth-order valence-electron chi connectivity index (χ4n) is 0.941. The summed E-state index contributed by atoms with van der Waals surface area (Å²) < 4.78 is 0. The monoisotopic (exact) mass is 176 g/mol. The highest BCUT2D eigenvalue weighted by Gasteiger charge is 1.99. The molecule has 0 spiro atoms. The van der Waals surface area contributed by atoms with Crippen molar-refractivity contribution in [2.45, 2.75) is 6.92 Å². The maximum absolute atomic E-state index is 7.26. The van der Waals surface area contributed by atoms with Gasteiger partial charge in [-0.25, -0.2) is 4.99 Å². The molecule has 0 atom stereocenters. The average molecular weight is 176 g/mol. The third kappa shape index (κ3) is 2.30. The number of benzene rings is 1. The van der Waals surface area contributed by atoms with E-state index in [-0.39, 0.29) is 5.96 Å². The molecule has 0 aromatic heterocycles. The summed E-state index contributed by atoms with van der Waals surface area (Å²) in [5.41, 5.74) is 8.05. The van der Waals surface area contributed by atoms with Gasteiger partial charge in [0.05, 0.1) is 0 Å². The zero-order valence-corrected chi connectivity index (χ0v) is 7.46. The molecule has 0 saturated carbocycles. The maximum atomic E-state index is 7.26. The quantitative estimate of drug-likeness (QED) is 0.345. The summed E-state index contributed by atoms with van der Waals surface area (Å²) in [7, 11) is 0.